The second-order valence-electron chi connectivity index (χ2n) is 3.32. The molecule has 2 N–H and O–H groups in total. The highest BCUT2D eigenvalue weighted by atomic mass is 32.2. The Hall–Kier alpha value is -1.46. The van der Waals surface area contributed by atoms with Gasteiger partial charge < -0.3 is 5.73 Å². The van der Waals surface area contributed by atoms with E-state index in [-0.39, 0.29) is 0 Å². The quantitative estimate of drug-likeness (QED) is 0.817. The molecule has 0 radical (unpaired) electrons. The Morgan fingerprint density at radius 1 is 1.25 bits per heavy atom. The number of hydrogen-bond donors (Lipinski definition) is 1. The standard InChI is InChI=1S/C11H12N4S/c1-8-6-14-11(15-7-8)16-10-9(5-12)3-2-4-13-10/h2-4,6-7H,5,12H2,1H3. The fourth-order valence-corrected chi connectivity index (χ4v) is 1.97. The van der Waals surface area contributed by atoms with Crippen molar-refractivity contribution in [2.24, 2.45) is 5.73 Å². The summed E-state index contributed by atoms with van der Waals surface area (Å²) in [5.41, 5.74) is 7.69. The van der Waals surface area contributed by atoms with Crippen LogP contribution in [0.2, 0.25) is 0 Å². The molecular formula is C11H12N4S. The van der Waals surface area contributed by atoms with Crippen molar-refractivity contribution >= 4 is 11.8 Å². The Kier molecular flexibility index (Phi) is 3.48. The van der Waals surface area contributed by atoms with E-state index >= 15 is 0 Å². The van der Waals surface area contributed by atoms with Crippen molar-refractivity contribution in [3.63, 3.8) is 0 Å². The van der Waals surface area contributed by atoms with E-state index < -0.39 is 0 Å². The fraction of sp³-hybridized carbons (Fsp3) is 0.182. The normalized spacial score (nSPS) is 10.4. The predicted molar refractivity (Wildman–Crippen MR) is 63.0 cm³/mol. The molecule has 0 aliphatic carbocycles. The summed E-state index contributed by atoms with van der Waals surface area (Å²) in [6.07, 6.45) is 5.33. The third-order valence-corrected chi connectivity index (χ3v) is 2.97. The maximum absolute atomic E-state index is 5.63. The molecule has 0 spiro atoms. The minimum Gasteiger partial charge on any atom is -0.326 e. The summed E-state index contributed by atoms with van der Waals surface area (Å²) in [7, 11) is 0. The molecule has 2 heterocycles. The van der Waals surface area contributed by atoms with Crippen LogP contribution in [0, 0.1) is 6.92 Å². The van der Waals surface area contributed by atoms with E-state index in [1.165, 1.54) is 11.8 Å². The van der Waals surface area contributed by atoms with Gasteiger partial charge in [-0.25, -0.2) is 15.0 Å². The molecule has 0 aromatic carbocycles. The highest BCUT2D eigenvalue weighted by molar-refractivity contribution is 7.99. The second kappa shape index (κ2) is 5.05. The van der Waals surface area contributed by atoms with Crippen LogP contribution in [-0.4, -0.2) is 15.0 Å². The average Bonchev–Trinajstić information content (AvgIpc) is 2.33. The van der Waals surface area contributed by atoms with Gasteiger partial charge in [0.15, 0.2) is 5.16 Å². The molecule has 2 rings (SSSR count). The van der Waals surface area contributed by atoms with Gasteiger partial charge in [-0.1, -0.05) is 6.07 Å². The van der Waals surface area contributed by atoms with E-state index in [2.05, 4.69) is 15.0 Å². The summed E-state index contributed by atoms with van der Waals surface area (Å²) >= 11 is 1.43. The number of pyridine rings is 1. The minimum absolute atomic E-state index is 0.474. The third-order valence-electron chi connectivity index (χ3n) is 2.02. The molecule has 5 heteroatoms. The summed E-state index contributed by atoms with van der Waals surface area (Å²) in [4.78, 5) is 12.7. The molecule has 0 atom stereocenters. The predicted octanol–water partition coefficient (Wildman–Crippen LogP) is 1.79. The van der Waals surface area contributed by atoms with E-state index in [0.29, 0.717) is 11.7 Å². The van der Waals surface area contributed by atoms with Crippen molar-refractivity contribution in [3.05, 3.63) is 41.9 Å². The molecule has 0 aliphatic rings. The van der Waals surface area contributed by atoms with Crippen LogP contribution in [0.15, 0.2) is 40.9 Å². The summed E-state index contributed by atoms with van der Waals surface area (Å²) < 4.78 is 0. The fourth-order valence-electron chi connectivity index (χ4n) is 1.19. The topological polar surface area (TPSA) is 64.7 Å². The summed E-state index contributed by atoms with van der Waals surface area (Å²) in [6.45, 7) is 2.43. The van der Waals surface area contributed by atoms with Crippen LogP contribution in [0.4, 0.5) is 0 Å². The number of hydrogen-bond acceptors (Lipinski definition) is 5. The van der Waals surface area contributed by atoms with Gasteiger partial charge in [0.05, 0.1) is 0 Å². The van der Waals surface area contributed by atoms with Gasteiger partial charge in [-0.15, -0.1) is 0 Å². The van der Waals surface area contributed by atoms with Gasteiger partial charge in [0.1, 0.15) is 5.03 Å². The first-order valence-corrected chi connectivity index (χ1v) is 5.71. The first-order chi connectivity index (χ1) is 7.79. The molecule has 4 nitrogen and oxygen atoms in total. The molecule has 0 bridgehead atoms. The van der Waals surface area contributed by atoms with Crippen LogP contribution in [0.1, 0.15) is 11.1 Å². The van der Waals surface area contributed by atoms with Crippen molar-refractivity contribution in [2.45, 2.75) is 23.7 Å². The summed E-state index contributed by atoms with van der Waals surface area (Å²) in [5.74, 6) is 0. The lowest BCUT2D eigenvalue weighted by atomic mass is 10.3. The van der Waals surface area contributed by atoms with Crippen molar-refractivity contribution in [1.29, 1.82) is 0 Å². The van der Waals surface area contributed by atoms with Crippen molar-refractivity contribution in [1.82, 2.24) is 15.0 Å². The number of aryl methyl sites for hydroxylation is 1. The second-order valence-corrected chi connectivity index (χ2v) is 4.27. The number of nitrogens with zero attached hydrogens (tertiary/aromatic N) is 3. The first-order valence-electron chi connectivity index (χ1n) is 4.90. The number of rotatable bonds is 3. The maximum Gasteiger partial charge on any atom is 0.193 e. The van der Waals surface area contributed by atoms with Gasteiger partial charge in [-0.05, 0) is 35.9 Å². The lowest BCUT2D eigenvalue weighted by Crippen LogP contribution is -2.00. The van der Waals surface area contributed by atoms with Crippen molar-refractivity contribution in [2.75, 3.05) is 0 Å². The minimum atomic E-state index is 0.474. The van der Waals surface area contributed by atoms with Gasteiger partial charge in [0.2, 0.25) is 0 Å². The van der Waals surface area contributed by atoms with Crippen molar-refractivity contribution in [3.8, 4) is 0 Å². The van der Waals surface area contributed by atoms with E-state index in [1.807, 2.05) is 19.1 Å². The SMILES string of the molecule is Cc1cnc(Sc2ncccc2CN)nc1. The van der Waals surface area contributed by atoms with E-state index in [4.69, 9.17) is 5.73 Å². The molecule has 82 valence electrons. The molecule has 0 fully saturated rings. The molecule has 0 amide bonds. The molecule has 0 saturated heterocycles. The first kappa shape index (κ1) is 11.0. The number of aromatic nitrogens is 3. The highest BCUT2D eigenvalue weighted by Crippen LogP contribution is 2.24. The molecule has 2 aromatic rings. The zero-order valence-corrected chi connectivity index (χ0v) is 9.74. The smallest absolute Gasteiger partial charge is 0.193 e. The zero-order valence-electron chi connectivity index (χ0n) is 8.92. The molecule has 0 saturated carbocycles. The number of nitrogens with two attached hydrogens (primary N) is 1. The third kappa shape index (κ3) is 2.56. The lowest BCUT2D eigenvalue weighted by molar-refractivity contribution is 0.925. The van der Waals surface area contributed by atoms with Crippen LogP contribution in [0.5, 0.6) is 0 Å². The average molecular weight is 232 g/mol. The molecule has 0 aliphatic heterocycles. The Labute approximate surface area is 98.3 Å². The Bertz CT molecular complexity index is 470. The van der Waals surface area contributed by atoms with Crippen LogP contribution in [-0.2, 0) is 6.54 Å². The Morgan fingerprint density at radius 3 is 2.69 bits per heavy atom. The van der Waals surface area contributed by atoms with E-state index in [1.54, 1.807) is 18.6 Å². The van der Waals surface area contributed by atoms with Gasteiger partial charge in [-0.2, -0.15) is 0 Å². The van der Waals surface area contributed by atoms with Gasteiger partial charge >= 0.3 is 0 Å². The Morgan fingerprint density at radius 2 is 2.00 bits per heavy atom. The van der Waals surface area contributed by atoms with E-state index in [9.17, 15) is 0 Å². The molecular weight excluding hydrogens is 220 g/mol. The highest BCUT2D eigenvalue weighted by Gasteiger charge is 2.05. The molecule has 16 heavy (non-hydrogen) atoms. The van der Waals surface area contributed by atoms with Gasteiger partial charge in [0, 0.05) is 25.1 Å². The molecule has 2 aromatic heterocycles. The summed E-state index contributed by atoms with van der Waals surface area (Å²) in [5, 5.41) is 1.56. The lowest BCUT2D eigenvalue weighted by Gasteiger charge is -2.04. The van der Waals surface area contributed by atoms with Crippen LogP contribution in [0.25, 0.3) is 0 Å². The largest absolute Gasteiger partial charge is 0.326 e. The Balaban J connectivity index is 2.23. The van der Waals surface area contributed by atoms with Crippen LogP contribution >= 0.6 is 11.8 Å². The van der Waals surface area contributed by atoms with E-state index in [0.717, 1.165) is 16.2 Å². The maximum atomic E-state index is 5.63. The van der Waals surface area contributed by atoms with Gasteiger partial charge in [0.25, 0.3) is 0 Å². The van der Waals surface area contributed by atoms with Gasteiger partial charge in [-0.3, -0.25) is 0 Å². The van der Waals surface area contributed by atoms with Crippen molar-refractivity contribution < 1.29 is 0 Å². The van der Waals surface area contributed by atoms with Crippen LogP contribution < -0.4 is 5.73 Å². The summed E-state index contributed by atoms with van der Waals surface area (Å²) in [6, 6.07) is 3.84. The van der Waals surface area contributed by atoms with Crippen LogP contribution in [0.3, 0.4) is 0 Å². The monoisotopic (exact) mass is 232 g/mol. The zero-order chi connectivity index (χ0) is 11.4. The molecule has 0 unspecified atom stereocenters.